The van der Waals surface area contributed by atoms with Crippen LogP contribution in [-0.4, -0.2) is 80.4 Å². The molecule has 320 valence electrons. The lowest BCUT2D eigenvalue weighted by atomic mass is 9.88. The highest BCUT2D eigenvalue weighted by Gasteiger charge is 2.36. The molecule has 0 saturated carbocycles. The third-order valence-electron chi connectivity index (χ3n) is 9.92. The molecular weight excluding hydrogens is 829 g/mol. The summed E-state index contributed by atoms with van der Waals surface area (Å²) in [7, 11) is -5.67. The predicted molar refractivity (Wildman–Crippen MR) is 228 cm³/mol. The maximum atomic E-state index is 12.5. The Bertz CT molecular complexity index is 1810. The zero-order valence-corrected chi connectivity index (χ0v) is 37.7. The molecule has 0 saturated heterocycles. The van der Waals surface area contributed by atoms with Gasteiger partial charge in [-0.25, -0.2) is 43.7 Å². The van der Waals surface area contributed by atoms with Gasteiger partial charge in [0.15, 0.2) is 0 Å². The predicted octanol–water partition coefficient (Wildman–Crippen LogP) is 7.08. The number of hydrogen-bond acceptors (Lipinski definition) is 15. The molecule has 3 rings (SSSR count). The van der Waals surface area contributed by atoms with E-state index in [9.17, 15) is 28.8 Å². The van der Waals surface area contributed by atoms with E-state index in [1.165, 1.54) is 36.4 Å². The van der Waals surface area contributed by atoms with Crippen LogP contribution >= 0.6 is 0 Å². The summed E-state index contributed by atoms with van der Waals surface area (Å²) in [6.07, 6.45) is -4.42. The average Bonchev–Trinajstić information content (AvgIpc) is 3.26. The van der Waals surface area contributed by atoms with Crippen molar-refractivity contribution in [2.24, 2.45) is 5.41 Å². The maximum Gasteiger partial charge on any atom is 0.549 e. The standard InChI is InChI=1S/C42H50O15Si3/c1-11-42(27-49-39(46)55-52-36(43)30-15-21-33(22-16-30)58(5,6)12-2,28-50-40(47)56-53-37(44)31-17-23-34(24-18-31)59(7,8)13-3)29-51-41(48)57-54-38(45)32-19-25-35(26-20-32)60(9,10)14-4/h12-26H,2-4,11,27-29H2,1,5-10H3. The first-order chi connectivity index (χ1) is 28.2. The molecule has 0 spiro atoms. The van der Waals surface area contributed by atoms with E-state index in [1.54, 1.807) is 43.3 Å². The number of ether oxygens (including phenoxy) is 3. The summed E-state index contributed by atoms with van der Waals surface area (Å²) in [6.45, 7) is 23.6. The van der Waals surface area contributed by atoms with Gasteiger partial charge in [-0.05, 0) is 42.8 Å². The van der Waals surface area contributed by atoms with Gasteiger partial charge < -0.3 is 14.2 Å². The summed E-state index contributed by atoms with van der Waals surface area (Å²) in [5.41, 5.74) is 4.41. The van der Waals surface area contributed by atoms with Crippen LogP contribution in [0.1, 0.15) is 44.4 Å². The van der Waals surface area contributed by atoms with E-state index in [4.69, 9.17) is 14.2 Å². The van der Waals surface area contributed by atoms with E-state index in [-0.39, 0.29) is 23.1 Å². The summed E-state index contributed by atoms with van der Waals surface area (Å²) < 4.78 is 15.4. The highest BCUT2D eigenvalue weighted by molar-refractivity contribution is 6.94. The van der Waals surface area contributed by atoms with Crippen molar-refractivity contribution in [3.05, 3.63) is 126 Å². The van der Waals surface area contributed by atoms with Gasteiger partial charge in [-0.1, -0.05) is 115 Å². The molecule has 0 fully saturated rings. The van der Waals surface area contributed by atoms with Gasteiger partial charge in [-0.15, -0.1) is 19.7 Å². The summed E-state index contributed by atoms with van der Waals surface area (Å²) >= 11 is 0. The third-order valence-corrected chi connectivity index (χ3v) is 18.4. The van der Waals surface area contributed by atoms with Crippen LogP contribution in [0.15, 0.2) is 110 Å². The Balaban J connectivity index is 1.64. The molecular formula is C42H50O15Si3. The van der Waals surface area contributed by atoms with Crippen molar-refractivity contribution >= 4 is 76.2 Å². The van der Waals surface area contributed by atoms with E-state index in [1.807, 2.05) is 17.1 Å². The van der Waals surface area contributed by atoms with Crippen molar-refractivity contribution in [1.82, 2.24) is 0 Å². The number of benzene rings is 3. The first kappa shape index (κ1) is 48.1. The van der Waals surface area contributed by atoms with Gasteiger partial charge in [0.1, 0.15) is 44.0 Å². The second-order valence-electron chi connectivity index (χ2n) is 15.3. The maximum absolute atomic E-state index is 12.5. The van der Waals surface area contributed by atoms with Crippen molar-refractivity contribution in [2.75, 3.05) is 19.8 Å². The second kappa shape index (κ2) is 21.1. The largest absolute Gasteiger partial charge is 0.549 e. The lowest BCUT2D eigenvalue weighted by Crippen LogP contribution is -2.39. The fraction of sp³-hybridized carbons (Fsp3) is 0.286. The zero-order chi connectivity index (χ0) is 44.7. The molecule has 18 heteroatoms. The minimum absolute atomic E-state index is 0.00956. The number of carbonyl (C=O) groups excluding carboxylic acids is 6. The first-order valence-corrected chi connectivity index (χ1v) is 27.8. The van der Waals surface area contributed by atoms with Crippen LogP contribution in [0.4, 0.5) is 14.4 Å². The molecule has 0 bridgehead atoms. The summed E-state index contributed by atoms with van der Waals surface area (Å²) in [5, 5.41) is 3.04. The van der Waals surface area contributed by atoms with Crippen LogP contribution in [0.25, 0.3) is 0 Å². The van der Waals surface area contributed by atoms with Crippen LogP contribution in [0.2, 0.25) is 39.3 Å². The van der Waals surface area contributed by atoms with Gasteiger partial charge in [0.2, 0.25) is 0 Å². The molecule has 0 unspecified atom stereocenters. The van der Waals surface area contributed by atoms with Crippen LogP contribution < -0.4 is 15.6 Å². The third kappa shape index (κ3) is 13.7. The van der Waals surface area contributed by atoms with Gasteiger partial charge in [-0.2, -0.15) is 14.4 Å². The molecule has 15 nitrogen and oxygen atoms in total. The van der Waals surface area contributed by atoms with Crippen molar-refractivity contribution in [3.63, 3.8) is 0 Å². The summed E-state index contributed by atoms with van der Waals surface area (Å²) in [4.78, 5) is 103. The molecule has 0 aliphatic heterocycles. The molecule has 3 aromatic carbocycles. The molecule has 0 heterocycles. The van der Waals surface area contributed by atoms with Crippen LogP contribution in [0, 0.1) is 5.41 Å². The molecule has 0 atom stereocenters. The van der Waals surface area contributed by atoms with Crippen molar-refractivity contribution in [3.8, 4) is 0 Å². The van der Waals surface area contributed by atoms with Gasteiger partial charge in [0.25, 0.3) is 0 Å². The minimum Gasteiger partial charge on any atom is -0.431 e. The number of carbonyl (C=O) groups is 6. The van der Waals surface area contributed by atoms with Gasteiger partial charge in [0.05, 0.1) is 22.1 Å². The molecule has 3 aromatic rings. The van der Waals surface area contributed by atoms with Crippen molar-refractivity contribution in [2.45, 2.75) is 52.6 Å². The molecule has 0 aromatic heterocycles. The molecule has 0 amide bonds. The highest BCUT2D eigenvalue weighted by atomic mass is 28.3. The van der Waals surface area contributed by atoms with E-state index >= 15 is 0 Å². The Hall–Kier alpha value is -6.25. The second-order valence-corrected chi connectivity index (χ2v) is 28.6. The Labute approximate surface area is 351 Å². The molecule has 0 N–H and O–H groups in total. The van der Waals surface area contributed by atoms with Crippen LogP contribution in [0.5, 0.6) is 0 Å². The molecule has 0 aliphatic rings. The van der Waals surface area contributed by atoms with Crippen LogP contribution in [-0.2, 0) is 43.5 Å². The lowest BCUT2D eigenvalue weighted by Gasteiger charge is -2.29. The monoisotopic (exact) mass is 878 g/mol. The lowest BCUT2D eigenvalue weighted by molar-refractivity contribution is -0.217. The molecule has 0 aliphatic carbocycles. The van der Waals surface area contributed by atoms with Gasteiger partial charge in [-0.3, -0.25) is 0 Å². The zero-order valence-electron chi connectivity index (χ0n) is 34.7. The van der Waals surface area contributed by atoms with Crippen molar-refractivity contribution < 1.29 is 72.3 Å². The number of rotatable bonds is 16. The van der Waals surface area contributed by atoms with E-state index in [2.05, 4.69) is 88.3 Å². The van der Waals surface area contributed by atoms with Crippen molar-refractivity contribution in [1.29, 1.82) is 0 Å². The van der Waals surface area contributed by atoms with E-state index < -0.39 is 85.8 Å². The quantitative estimate of drug-likeness (QED) is 0.0467. The Morgan fingerprint density at radius 2 is 0.683 bits per heavy atom. The molecule has 0 radical (unpaired) electrons. The first-order valence-electron chi connectivity index (χ1n) is 18.6. The minimum atomic E-state index is -1.89. The van der Waals surface area contributed by atoms with Gasteiger partial charge in [0, 0.05) is 0 Å². The summed E-state index contributed by atoms with van der Waals surface area (Å²) in [6, 6.07) is 19.6. The SMILES string of the molecule is C=C[Si](C)(C)c1ccc(C(=O)OOC(=O)OCC(CC)(COC(=O)OOC(=O)c2ccc([Si](C)(C)C=C)cc2)COC(=O)OOC(=O)c2ccc([Si](C)(C)C=C)cc2)cc1. The van der Waals surface area contributed by atoms with E-state index in [0.29, 0.717) is 0 Å². The Morgan fingerprint density at radius 3 is 0.883 bits per heavy atom. The van der Waals surface area contributed by atoms with Crippen LogP contribution in [0.3, 0.4) is 0 Å². The fourth-order valence-corrected chi connectivity index (χ4v) is 8.74. The fourth-order valence-electron chi connectivity index (χ4n) is 4.96. The number of hydrogen-bond donors (Lipinski definition) is 0. The Morgan fingerprint density at radius 1 is 0.450 bits per heavy atom. The average molecular weight is 879 g/mol. The Kier molecular flexibility index (Phi) is 17.0. The topological polar surface area (TPSA) is 185 Å². The highest BCUT2D eigenvalue weighted by Crippen LogP contribution is 2.25. The molecule has 60 heavy (non-hydrogen) atoms. The van der Waals surface area contributed by atoms with Gasteiger partial charge >= 0.3 is 36.4 Å². The van der Waals surface area contributed by atoms with E-state index in [0.717, 1.165) is 15.6 Å². The smallest absolute Gasteiger partial charge is 0.431 e. The summed E-state index contributed by atoms with van der Waals surface area (Å²) in [5.74, 6) is -2.97. The normalized spacial score (nSPS) is 11.4.